The standard InChI is InChI=1S/C13H16ClN3O/c1-17-6-5-16-13(17)11(15)8-9-7-10(14)3-4-12(9)18-2/h3-7,11H,8,15H2,1-2H3. The predicted octanol–water partition coefficient (Wildman–Crippen LogP) is 2.32. The monoisotopic (exact) mass is 265 g/mol. The van der Waals surface area contributed by atoms with Gasteiger partial charge in [0.25, 0.3) is 0 Å². The van der Waals surface area contributed by atoms with Crippen molar-refractivity contribution in [1.82, 2.24) is 9.55 Å². The van der Waals surface area contributed by atoms with Gasteiger partial charge >= 0.3 is 0 Å². The highest BCUT2D eigenvalue weighted by Crippen LogP contribution is 2.26. The van der Waals surface area contributed by atoms with E-state index >= 15 is 0 Å². The number of benzene rings is 1. The van der Waals surface area contributed by atoms with Crippen LogP contribution in [0.3, 0.4) is 0 Å². The fourth-order valence-electron chi connectivity index (χ4n) is 1.97. The SMILES string of the molecule is COc1ccc(Cl)cc1CC(N)c1nccn1C. The van der Waals surface area contributed by atoms with Crippen molar-refractivity contribution in [3.8, 4) is 5.75 Å². The maximum absolute atomic E-state index is 6.16. The molecule has 0 fully saturated rings. The predicted molar refractivity (Wildman–Crippen MR) is 71.8 cm³/mol. The molecule has 1 heterocycles. The molecule has 0 spiro atoms. The van der Waals surface area contributed by atoms with Crippen LogP contribution in [-0.4, -0.2) is 16.7 Å². The summed E-state index contributed by atoms with van der Waals surface area (Å²) in [6.07, 6.45) is 4.25. The molecule has 96 valence electrons. The molecule has 1 atom stereocenters. The summed E-state index contributed by atoms with van der Waals surface area (Å²) in [6, 6.07) is 5.35. The van der Waals surface area contributed by atoms with E-state index in [9.17, 15) is 0 Å². The third-order valence-electron chi connectivity index (χ3n) is 2.87. The van der Waals surface area contributed by atoms with Gasteiger partial charge in [-0.3, -0.25) is 0 Å². The molecule has 0 amide bonds. The van der Waals surface area contributed by atoms with Gasteiger partial charge in [0.2, 0.25) is 0 Å². The number of imidazole rings is 1. The van der Waals surface area contributed by atoms with Crippen molar-refractivity contribution >= 4 is 11.6 Å². The van der Waals surface area contributed by atoms with E-state index < -0.39 is 0 Å². The van der Waals surface area contributed by atoms with Gasteiger partial charge in [-0.05, 0) is 30.2 Å². The molecule has 0 saturated heterocycles. The topological polar surface area (TPSA) is 53.1 Å². The zero-order valence-electron chi connectivity index (χ0n) is 10.4. The number of hydrogen-bond acceptors (Lipinski definition) is 3. The first-order valence-corrected chi connectivity index (χ1v) is 6.05. The van der Waals surface area contributed by atoms with Gasteiger partial charge in [0.15, 0.2) is 0 Å². The minimum Gasteiger partial charge on any atom is -0.496 e. The molecule has 0 bridgehead atoms. The van der Waals surface area contributed by atoms with E-state index in [1.54, 1.807) is 19.4 Å². The van der Waals surface area contributed by atoms with Crippen LogP contribution in [0.15, 0.2) is 30.6 Å². The molecule has 4 nitrogen and oxygen atoms in total. The van der Waals surface area contributed by atoms with Crippen molar-refractivity contribution in [1.29, 1.82) is 0 Å². The lowest BCUT2D eigenvalue weighted by molar-refractivity contribution is 0.407. The molecular weight excluding hydrogens is 250 g/mol. The number of nitrogens with zero attached hydrogens (tertiary/aromatic N) is 2. The summed E-state index contributed by atoms with van der Waals surface area (Å²) < 4.78 is 7.23. The molecule has 2 N–H and O–H groups in total. The van der Waals surface area contributed by atoms with Gasteiger partial charge in [-0.25, -0.2) is 4.98 Å². The lowest BCUT2D eigenvalue weighted by Gasteiger charge is -2.14. The van der Waals surface area contributed by atoms with Crippen LogP contribution in [-0.2, 0) is 13.5 Å². The average molecular weight is 266 g/mol. The molecule has 1 aromatic carbocycles. The van der Waals surface area contributed by atoms with Gasteiger partial charge in [0.05, 0.1) is 13.2 Å². The summed E-state index contributed by atoms with van der Waals surface area (Å²) >= 11 is 6.00. The lowest BCUT2D eigenvalue weighted by Crippen LogP contribution is -2.18. The molecule has 1 unspecified atom stereocenters. The Kier molecular flexibility index (Phi) is 3.89. The summed E-state index contributed by atoms with van der Waals surface area (Å²) in [6.45, 7) is 0. The largest absolute Gasteiger partial charge is 0.496 e. The highest BCUT2D eigenvalue weighted by molar-refractivity contribution is 6.30. The number of halogens is 1. The van der Waals surface area contributed by atoms with Gasteiger partial charge in [-0.15, -0.1) is 0 Å². The molecule has 0 radical (unpaired) electrons. The summed E-state index contributed by atoms with van der Waals surface area (Å²) in [5, 5.41) is 0.679. The Hall–Kier alpha value is -1.52. The van der Waals surface area contributed by atoms with Crippen LogP contribution in [0.25, 0.3) is 0 Å². The Balaban J connectivity index is 2.23. The Bertz CT molecular complexity index is 539. The highest BCUT2D eigenvalue weighted by atomic mass is 35.5. The second-order valence-electron chi connectivity index (χ2n) is 4.16. The van der Waals surface area contributed by atoms with E-state index in [2.05, 4.69) is 4.98 Å². The Morgan fingerprint density at radius 2 is 2.28 bits per heavy atom. The summed E-state index contributed by atoms with van der Waals surface area (Å²) in [4.78, 5) is 4.25. The van der Waals surface area contributed by atoms with Crippen LogP contribution in [0.2, 0.25) is 5.02 Å². The average Bonchev–Trinajstić information content (AvgIpc) is 2.76. The number of methoxy groups -OCH3 is 1. The van der Waals surface area contributed by atoms with Gasteiger partial charge < -0.3 is 15.0 Å². The minimum absolute atomic E-state index is 0.183. The smallest absolute Gasteiger partial charge is 0.125 e. The first-order valence-electron chi connectivity index (χ1n) is 5.67. The van der Waals surface area contributed by atoms with E-state index in [0.717, 1.165) is 17.1 Å². The number of hydrogen-bond donors (Lipinski definition) is 1. The molecule has 0 aliphatic rings. The van der Waals surface area contributed by atoms with Gasteiger partial charge in [-0.2, -0.15) is 0 Å². The van der Waals surface area contributed by atoms with E-state index in [1.165, 1.54) is 0 Å². The van der Waals surface area contributed by atoms with Crippen molar-refractivity contribution in [3.05, 3.63) is 47.0 Å². The maximum Gasteiger partial charge on any atom is 0.125 e. The zero-order chi connectivity index (χ0) is 13.1. The summed E-state index contributed by atoms with van der Waals surface area (Å²) in [7, 11) is 3.57. The lowest BCUT2D eigenvalue weighted by atomic mass is 10.0. The first-order chi connectivity index (χ1) is 8.61. The number of aryl methyl sites for hydroxylation is 1. The number of nitrogens with two attached hydrogens (primary N) is 1. The Morgan fingerprint density at radius 3 is 2.89 bits per heavy atom. The first kappa shape index (κ1) is 12.9. The molecular formula is C13H16ClN3O. The quantitative estimate of drug-likeness (QED) is 0.923. The minimum atomic E-state index is -0.183. The molecule has 0 aliphatic carbocycles. The fraction of sp³-hybridized carbons (Fsp3) is 0.308. The van der Waals surface area contributed by atoms with E-state index in [1.807, 2.05) is 29.9 Å². The van der Waals surface area contributed by atoms with Crippen LogP contribution < -0.4 is 10.5 Å². The Labute approximate surface area is 111 Å². The normalized spacial score (nSPS) is 12.4. The third-order valence-corrected chi connectivity index (χ3v) is 3.11. The second kappa shape index (κ2) is 5.42. The van der Waals surface area contributed by atoms with E-state index in [4.69, 9.17) is 22.1 Å². The van der Waals surface area contributed by atoms with Crippen molar-refractivity contribution < 1.29 is 4.74 Å². The summed E-state index contributed by atoms with van der Waals surface area (Å²) in [5.74, 6) is 1.64. The third kappa shape index (κ3) is 2.66. The number of rotatable bonds is 4. The van der Waals surface area contributed by atoms with E-state index in [0.29, 0.717) is 11.4 Å². The molecule has 5 heteroatoms. The number of aromatic nitrogens is 2. The van der Waals surface area contributed by atoms with Crippen LogP contribution >= 0.6 is 11.6 Å². The van der Waals surface area contributed by atoms with Crippen molar-refractivity contribution in [3.63, 3.8) is 0 Å². The van der Waals surface area contributed by atoms with Crippen LogP contribution in [0.1, 0.15) is 17.4 Å². The van der Waals surface area contributed by atoms with Gasteiger partial charge in [0, 0.05) is 24.5 Å². The zero-order valence-corrected chi connectivity index (χ0v) is 11.2. The molecule has 2 aromatic rings. The van der Waals surface area contributed by atoms with Crippen molar-refractivity contribution in [2.75, 3.05) is 7.11 Å². The van der Waals surface area contributed by atoms with Crippen LogP contribution in [0, 0.1) is 0 Å². The summed E-state index contributed by atoms with van der Waals surface area (Å²) in [5.41, 5.74) is 7.15. The molecule has 1 aromatic heterocycles. The van der Waals surface area contributed by atoms with Crippen molar-refractivity contribution in [2.45, 2.75) is 12.5 Å². The highest BCUT2D eigenvalue weighted by Gasteiger charge is 2.14. The molecule has 0 saturated carbocycles. The second-order valence-corrected chi connectivity index (χ2v) is 4.60. The molecule has 0 aliphatic heterocycles. The molecule has 18 heavy (non-hydrogen) atoms. The van der Waals surface area contributed by atoms with Gasteiger partial charge in [0.1, 0.15) is 11.6 Å². The van der Waals surface area contributed by atoms with Gasteiger partial charge in [-0.1, -0.05) is 11.6 Å². The fourth-order valence-corrected chi connectivity index (χ4v) is 2.16. The Morgan fingerprint density at radius 1 is 1.50 bits per heavy atom. The molecule has 2 rings (SSSR count). The maximum atomic E-state index is 6.16. The van der Waals surface area contributed by atoms with Crippen molar-refractivity contribution in [2.24, 2.45) is 12.8 Å². The van der Waals surface area contributed by atoms with Crippen LogP contribution in [0.5, 0.6) is 5.75 Å². The van der Waals surface area contributed by atoms with Crippen LogP contribution in [0.4, 0.5) is 0 Å². The number of ether oxygens (including phenoxy) is 1. The van der Waals surface area contributed by atoms with E-state index in [-0.39, 0.29) is 6.04 Å².